The minimum Gasteiger partial charge on any atom is -0.341 e. The number of hydrogen-bond acceptors (Lipinski definition) is 2. The zero-order chi connectivity index (χ0) is 13.8. The van der Waals surface area contributed by atoms with Crippen molar-refractivity contribution in [1.29, 1.82) is 0 Å². The minimum atomic E-state index is 0.0484. The number of piperidine rings is 1. The third kappa shape index (κ3) is 3.57. The highest BCUT2D eigenvalue weighted by Gasteiger charge is 2.29. The van der Waals surface area contributed by atoms with Crippen molar-refractivity contribution >= 4 is 5.91 Å². The Kier molecular flexibility index (Phi) is 4.59. The molecule has 2 atom stereocenters. The summed E-state index contributed by atoms with van der Waals surface area (Å²) in [5.41, 5.74) is 7.57. The molecule has 2 N–H and O–H groups in total. The van der Waals surface area contributed by atoms with Crippen molar-refractivity contribution in [3.05, 3.63) is 35.9 Å². The first-order valence-corrected chi connectivity index (χ1v) is 7.16. The number of carbonyl (C=O) groups is 1. The van der Waals surface area contributed by atoms with E-state index in [1.54, 1.807) is 0 Å². The van der Waals surface area contributed by atoms with E-state index < -0.39 is 0 Å². The van der Waals surface area contributed by atoms with Gasteiger partial charge in [-0.05, 0) is 17.9 Å². The Morgan fingerprint density at radius 1 is 1.37 bits per heavy atom. The summed E-state index contributed by atoms with van der Waals surface area (Å²) in [6.45, 7) is 5.67. The summed E-state index contributed by atoms with van der Waals surface area (Å²) >= 11 is 0. The second-order valence-corrected chi connectivity index (χ2v) is 5.91. The van der Waals surface area contributed by atoms with E-state index >= 15 is 0 Å². The zero-order valence-corrected chi connectivity index (χ0v) is 11.9. The van der Waals surface area contributed by atoms with Crippen LogP contribution in [-0.4, -0.2) is 29.9 Å². The van der Waals surface area contributed by atoms with Crippen LogP contribution >= 0.6 is 0 Å². The van der Waals surface area contributed by atoms with Crippen LogP contribution in [0.4, 0.5) is 0 Å². The van der Waals surface area contributed by atoms with E-state index in [9.17, 15) is 4.79 Å². The predicted molar refractivity (Wildman–Crippen MR) is 77.8 cm³/mol. The first-order valence-electron chi connectivity index (χ1n) is 7.16. The molecule has 1 fully saturated rings. The molecular formula is C16H24N2O. The number of carbonyl (C=O) groups excluding carboxylic acids is 1. The van der Waals surface area contributed by atoms with Crippen LogP contribution < -0.4 is 5.73 Å². The summed E-state index contributed by atoms with van der Waals surface area (Å²) in [4.78, 5) is 14.0. The fourth-order valence-corrected chi connectivity index (χ4v) is 2.80. The van der Waals surface area contributed by atoms with Crippen molar-refractivity contribution in [3.63, 3.8) is 0 Å². The highest BCUT2D eigenvalue weighted by Crippen LogP contribution is 2.27. The lowest BCUT2D eigenvalue weighted by atomic mass is 9.85. The van der Waals surface area contributed by atoms with Gasteiger partial charge in [-0.1, -0.05) is 44.2 Å². The zero-order valence-electron chi connectivity index (χ0n) is 11.9. The van der Waals surface area contributed by atoms with Gasteiger partial charge in [-0.2, -0.15) is 0 Å². The second kappa shape index (κ2) is 6.20. The third-order valence-corrected chi connectivity index (χ3v) is 3.82. The van der Waals surface area contributed by atoms with Gasteiger partial charge in [0, 0.05) is 31.5 Å². The summed E-state index contributed by atoms with van der Waals surface area (Å²) in [7, 11) is 0. The number of likely N-dealkylation sites (tertiary alicyclic amines) is 1. The van der Waals surface area contributed by atoms with E-state index in [0.717, 1.165) is 13.0 Å². The molecule has 3 nitrogen and oxygen atoms in total. The van der Waals surface area contributed by atoms with Crippen molar-refractivity contribution in [2.24, 2.45) is 11.7 Å². The van der Waals surface area contributed by atoms with E-state index in [0.29, 0.717) is 24.8 Å². The molecule has 0 radical (unpaired) electrons. The molecule has 1 aliphatic heterocycles. The quantitative estimate of drug-likeness (QED) is 0.907. The Morgan fingerprint density at radius 2 is 2.05 bits per heavy atom. The van der Waals surface area contributed by atoms with Gasteiger partial charge in [0.2, 0.25) is 5.91 Å². The van der Waals surface area contributed by atoms with E-state index in [1.807, 2.05) is 11.0 Å². The fourth-order valence-electron chi connectivity index (χ4n) is 2.80. The minimum absolute atomic E-state index is 0.0484. The van der Waals surface area contributed by atoms with Gasteiger partial charge >= 0.3 is 0 Å². The summed E-state index contributed by atoms with van der Waals surface area (Å²) in [5.74, 6) is 1.04. The highest BCUT2D eigenvalue weighted by molar-refractivity contribution is 5.76. The topological polar surface area (TPSA) is 46.3 Å². The molecule has 1 amide bonds. The molecule has 19 heavy (non-hydrogen) atoms. The smallest absolute Gasteiger partial charge is 0.222 e. The molecule has 0 spiro atoms. The van der Waals surface area contributed by atoms with Crippen LogP contribution in [0, 0.1) is 5.92 Å². The lowest BCUT2D eigenvalue weighted by Gasteiger charge is -2.37. The Morgan fingerprint density at radius 3 is 2.63 bits per heavy atom. The van der Waals surface area contributed by atoms with Crippen LogP contribution in [0.3, 0.4) is 0 Å². The lowest BCUT2D eigenvalue weighted by molar-refractivity contribution is -0.133. The van der Waals surface area contributed by atoms with Crippen molar-refractivity contribution < 1.29 is 4.79 Å². The average Bonchev–Trinajstić information content (AvgIpc) is 2.38. The molecular weight excluding hydrogens is 236 g/mol. The molecule has 0 bridgehead atoms. The molecule has 1 heterocycles. The van der Waals surface area contributed by atoms with Crippen molar-refractivity contribution in [2.45, 2.75) is 38.6 Å². The molecule has 2 rings (SSSR count). The van der Waals surface area contributed by atoms with Gasteiger partial charge in [0.1, 0.15) is 0 Å². The van der Waals surface area contributed by atoms with Crippen LogP contribution in [-0.2, 0) is 4.79 Å². The number of nitrogens with two attached hydrogens (primary N) is 1. The number of rotatable bonds is 3. The molecule has 0 aliphatic carbocycles. The first-order chi connectivity index (χ1) is 9.08. The van der Waals surface area contributed by atoms with Gasteiger partial charge in [0.25, 0.3) is 0 Å². The van der Waals surface area contributed by atoms with E-state index in [1.165, 1.54) is 5.56 Å². The van der Waals surface area contributed by atoms with Crippen molar-refractivity contribution in [3.8, 4) is 0 Å². The fraction of sp³-hybridized carbons (Fsp3) is 0.562. The number of hydrogen-bond donors (Lipinski definition) is 1. The Bertz CT molecular complexity index is 416. The van der Waals surface area contributed by atoms with Crippen LogP contribution in [0.2, 0.25) is 0 Å². The Labute approximate surface area is 115 Å². The predicted octanol–water partition coefficient (Wildman–Crippen LogP) is 2.38. The maximum absolute atomic E-state index is 12.1. The largest absolute Gasteiger partial charge is 0.341 e. The highest BCUT2D eigenvalue weighted by atomic mass is 16.2. The van der Waals surface area contributed by atoms with Gasteiger partial charge in [-0.15, -0.1) is 0 Å². The van der Waals surface area contributed by atoms with Crippen LogP contribution in [0.15, 0.2) is 30.3 Å². The van der Waals surface area contributed by atoms with Crippen molar-refractivity contribution in [1.82, 2.24) is 4.90 Å². The molecule has 0 aromatic heterocycles. The van der Waals surface area contributed by atoms with Gasteiger partial charge < -0.3 is 10.6 Å². The molecule has 1 saturated heterocycles. The van der Waals surface area contributed by atoms with E-state index in [-0.39, 0.29) is 11.9 Å². The Hall–Kier alpha value is -1.35. The summed E-state index contributed by atoms with van der Waals surface area (Å²) in [6.07, 6.45) is 1.59. The first kappa shape index (κ1) is 14.1. The molecule has 3 heteroatoms. The molecule has 1 aliphatic rings. The lowest BCUT2D eigenvalue weighted by Crippen LogP contribution is -2.49. The molecule has 1 aromatic rings. The SMILES string of the molecule is CC(C)CC(=O)N1CCC(c2ccccc2)C(N)C1. The van der Waals surface area contributed by atoms with Crippen LogP contribution in [0.25, 0.3) is 0 Å². The Balaban J connectivity index is 1.97. The van der Waals surface area contributed by atoms with Gasteiger partial charge in [0.15, 0.2) is 0 Å². The second-order valence-electron chi connectivity index (χ2n) is 5.91. The monoisotopic (exact) mass is 260 g/mol. The van der Waals surface area contributed by atoms with Crippen LogP contribution in [0.1, 0.15) is 38.2 Å². The molecule has 104 valence electrons. The van der Waals surface area contributed by atoms with E-state index in [2.05, 4.69) is 38.1 Å². The van der Waals surface area contributed by atoms with Crippen molar-refractivity contribution in [2.75, 3.05) is 13.1 Å². The molecule has 0 saturated carbocycles. The summed E-state index contributed by atoms with van der Waals surface area (Å²) in [6, 6.07) is 10.5. The van der Waals surface area contributed by atoms with Gasteiger partial charge in [-0.3, -0.25) is 4.79 Å². The summed E-state index contributed by atoms with van der Waals surface area (Å²) in [5, 5.41) is 0. The van der Waals surface area contributed by atoms with Crippen LogP contribution in [0.5, 0.6) is 0 Å². The standard InChI is InChI=1S/C16H24N2O/c1-12(2)10-16(19)18-9-8-14(15(17)11-18)13-6-4-3-5-7-13/h3-7,12,14-15H,8-11,17H2,1-2H3. The molecule has 2 unspecified atom stereocenters. The number of benzene rings is 1. The summed E-state index contributed by atoms with van der Waals surface area (Å²) < 4.78 is 0. The van der Waals surface area contributed by atoms with Gasteiger partial charge in [-0.25, -0.2) is 0 Å². The maximum atomic E-state index is 12.1. The third-order valence-electron chi connectivity index (χ3n) is 3.82. The normalized spacial score (nSPS) is 23.7. The number of nitrogens with zero attached hydrogens (tertiary/aromatic N) is 1. The van der Waals surface area contributed by atoms with E-state index in [4.69, 9.17) is 5.73 Å². The van der Waals surface area contributed by atoms with Gasteiger partial charge in [0.05, 0.1) is 0 Å². The maximum Gasteiger partial charge on any atom is 0.222 e. The average molecular weight is 260 g/mol. The number of amides is 1. The molecule has 1 aromatic carbocycles.